The lowest BCUT2D eigenvalue weighted by atomic mass is 10.3. The molecule has 0 aliphatic heterocycles. The van der Waals surface area contributed by atoms with Crippen molar-refractivity contribution in [1.29, 1.82) is 0 Å². The molecule has 14 heavy (non-hydrogen) atoms. The minimum absolute atomic E-state index is 0.307. The number of aromatic amines is 1. The Hall–Kier alpha value is -1.76. The predicted molar refractivity (Wildman–Crippen MR) is 54.2 cm³/mol. The van der Waals surface area contributed by atoms with Crippen molar-refractivity contribution in [2.24, 2.45) is 0 Å². The maximum atomic E-state index is 11.3. The molecule has 0 radical (unpaired) electrons. The highest BCUT2D eigenvalue weighted by Crippen LogP contribution is 1.88. The molecule has 0 bridgehead atoms. The second-order valence-corrected chi connectivity index (χ2v) is 2.82. The Morgan fingerprint density at radius 3 is 2.79 bits per heavy atom. The second-order valence-electron chi connectivity index (χ2n) is 2.82. The van der Waals surface area contributed by atoms with Gasteiger partial charge in [-0.2, -0.15) is 0 Å². The van der Waals surface area contributed by atoms with Crippen LogP contribution in [0.2, 0.25) is 0 Å². The molecule has 0 spiro atoms. The van der Waals surface area contributed by atoms with Crippen LogP contribution in [0.15, 0.2) is 15.8 Å². The van der Waals surface area contributed by atoms with Gasteiger partial charge in [0.1, 0.15) is 0 Å². The number of nitrogens with zero attached hydrogens (tertiary/aromatic N) is 1. The van der Waals surface area contributed by atoms with Crippen molar-refractivity contribution in [2.45, 2.75) is 26.8 Å². The fourth-order valence-corrected chi connectivity index (χ4v) is 1.09. The molecule has 0 unspecified atom stereocenters. The fourth-order valence-electron chi connectivity index (χ4n) is 1.09. The van der Waals surface area contributed by atoms with Crippen LogP contribution in [0.5, 0.6) is 0 Å². The molecule has 0 aromatic carbocycles. The minimum atomic E-state index is -0.407. The Bertz CT molecular complexity index is 485. The summed E-state index contributed by atoms with van der Waals surface area (Å²) in [5.41, 5.74) is -0.115. The van der Waals surface area contributed by atoms with Crippen LogP contribution in [0.3, 0.4) is 0 Å². The first kappa shape index (κ1) is 10.3. The third kappa shape index (κ3) is 2.13. The Morgan fingerprint density at radius 1 is 1.50 bits per heavy atom. The summed E-state index contributed by atoms with van der Waals surface area (Å²) >= 11 is 0. The molecular formula is C10H12N2O2. The van der Waals surface area contributed by atoms with Crippen molar-refractivity contribution in [3.8, 4) is 11.8 Å². The lowest BCUT2D eigenvalue weighted by Gasteiger charge is -2.01. The topological polar surface area (TPSA) is 54.9 Å². The Kier molecular flexibility index (Phi) is 3.29. The smallest absolute Gasteiger partial charge is 0.289 e. The van der Waals surface area contributed by atoms with Gasteiger partial charge in [-0.1, -0.05) is 12.8 Å². The molecule has 0 atom stereocenters. The largest absolute Gasteiger partial charge is 0.329 e. The summed E-state index contributed by atoms with van der Waals surface area (Å²) in [5, 5.41) is 0. The van der Waals surface area contributed by atoms with Gasteiger partial charge in [0.2, 0.25) is 0 Å². The molecular weight excluding hydrogens is 180 g/mol. The van der Waals surface area contributed by atoms with Crippen molar-refractivity contribution in [3.63, 3.8) is 0 Å². The molecule has 4 heteroatoms. The van der Waals surface area contributed by atoms with E-state index in [1.54, 1.807) is 13.1 Å². The monoisotopic (exact) mass is 192 g/mol. The molecule has 0 saturated heterocycles. The summed E-state index contributed by atoms with van der Waals surface area (Å²) < 4.78 is 1.40. The van der Waals surface area contributed by atoms with Gasteiger partial charge in [0.25, 0.3) is 5.56 Å². The SMILES string of the molecule is CC#CCn1cc(CC)c(=O)[nH]c1=O. The Balaban J connectivity index is 3.22. The summed E-state index contributed by atoms with van der Waals surface area (Å²) in [4.78, 5) is 24.7. The molecule has 1 aromatic rings. The number of H-pyrrole nitrogens is 1. The van der Waals surface area contributed by atoms with E-state index >= 15 is 0 Å². The standard InChI is InChI=1S/C10H12N2O2/c1-3-5-6-12-7-8(4-2)9(13)11-10(12)14/h7H,4,6H2,1-2H3,(H,11,13,14). The van der Waals surface area contributed by atoms with Gasteiger partial charge in [-0.25, -0.2) is 4.79 Å². The summed E-state index contributed by atoms with van der Waals surface area (Å²) in [5.74, 6) is 5.46. The molecule has 0 amide bonds. The van der Waals surface area contributed by atoms with Gasteiger partial charge < -0.3 is 0 Å². The summed E-state index contributed by atoms with van der Waals surface area (Å²) in [7, 11) is 0. The van der Waals surface area contributed by atoms with Crippen LogP contribution in [0.1, 0.15) is 19.4 Å². The maximum Gasteiger partial charge on any atom is 0.329 e. The van der Waals surface area contributed by atoms with E-state index in [1.807, 2.05) is 6.92 Å². The molecule has 0 aliphatic carbocycles. The van der Waals surface area contributed by atoms with Crippen molar-refractivity contribution in [2.75, 3.05) is 0 Å². The molecule has 1 aromatic heterocycles. The fraction of sp³-hybridized carbons (Fsp3) is 0.400. The van der Waals surface area contributed by atoms with Crippen LogP contribution in [-0.4, -0.2) is 9.55 Å². The zero-order valence-electron chi connectivity index (χ0n) is 8.26. The molecule has 1 N–H and O–H groups in total. The Labute approximate surface area is 81.6 Å². The molecule has 4 nitrogen and oxygen atoms in total. The molecule has 0 fully saturated rings. The first-order chi connectivity index (χ1) is 6.69. The van der Waals surface area contributed by atoms with Crippen LogP contribution >= 0.6 is 0 Å². The molecule has 74 valence electrons. The van der Waals surface area contributed by atoms with E-state index in [0.717, 1.165) is 0 Å². The van der Waals surface area contributed by atoms with E-state index in [0.29, 0.717) is 18.5 Å². The van der Waals surface area contributed by atoms with Crippen molar-refractivity contribution < 1.29 is 0 Å². The number of rotatable bonds is 2. The number of hydrogen-bond donors (Lipinski definition) is 1. The van der Waals surface area contributed by atoms with Crippen LogP contribution < -0.4 is 11.2 Å². The zero-order chi connectivity index (χ0) is 10.6. The van der Waals surface area contributed by atoms with Gasteiger partial charge in [-0.15, -0.1) is 5.92 Å². The van der Waals surface area contributed by atoms with E-state index in [1.165, 1.54) is 4.57 Å². The highest BCUT2D eigenvalue weighted by molar-refractivity contribution is 5.05. The van der Waals surface area contributed by atoms with E-state index in [-0.39, 0.29) is 5.56 Å². The van der Waals surface area contributed by atoms with Crippen LogP contribution in [-0.2, 0) is 13.0 Å². The van der Waals surface area contributed by atoms with Crippen molar-refractivity contribution in [3.05, 3.63) is 32.6 Å². The highest BCUT2D eigenvalue weighted by atomic mass is 16.2. The molecule has 0 saturated carbocycles. The molecule has 1 heterocycles. The second kappa shape index (κ2) is 4.47. The predicted octanol–water partition coefficient (Wildman–Crippen LogP) is 0.122. The molecule has 1 rings (SSSR count). The van der Waals surface area contributed by atoms with Gasteiger partial charge in [-0.05, 0) is 13.3 Å². The summed E-state index contributed by atoms with van der Waals surface area (Å²) in [6.45, 7) is 3.89. The van der Waals surface area contributed by atoms with E-state index < -0.39 is 5.69 Å². The Morgan fingerprint density at radius 2 is 2.21 bits per heavy atom. The highest BCUT2D eigenvalue weighted by Gasteiger charge is 2.00. The normalized spacial score (nSPS) is 9.29. The van der Waals surface area contributed by atoms with E-state index in [2.05, 4.69) is 16.8 Å². The van der Waals surface area contributed by atoms with Crippen LogP contribution in [0, 0.1) is 11.8 Å². The van der Waals surface area contributed by atoms with Crippen molar-refractivity contribution in [1.82, 2.24) is 9.55 Å². The number of aromatic nitrogens is 2. The number of aryl methyl sites for hydroxylation is 1. The molecule has 0 aliphatic rings. The third-order valence-corrected chi connectivity index (χ3v) is 1.89. The van der Waals surface area contributed by atoms with E-state index in [4.69, 9.17) is 0 Å². The number of nitrogens with one attached hydrogen (secondary N) is 1. The van der Waals surface area contributed by atoms with Gasteiger partial charge >= 0.3 is 5.69 Å². The average Bonchev–Trinajstić information content (AvgIpc) is 2.17. The first-order valence-electron chi connectivity index (χ1n) is 4.41. The maximum absolute atomic E-state index is 11.3. The quantitative estimate of drug-likeness (QED) is 0.677. The summed E-state index contributed by atoms with van der Waals surface area (Å²) in [6.07, 6.45) is 2.17. The van der Waals surface area contributed by atoms with Gasteiger partial charge in [0, 0.05) is 11.8 Å². The average molecular weight is 192 g/mol. The zero-order valence-corrected chi connectivity index (χ0v) is 8.26. The number of hydrogen-bond acceptors (Lipinski definition) is 2. The van der Waals surface area contributed by atoms with Crippen LogP contribution in [0.25, 0.3) is 0 Å². The lowest BCUT2D eigenvalue weighted by Crippen LogP contribution is -2.31. The third-order valence-electron chi connectivity index (χ3n) is 1.89. The van der Waals surface area contributed by atoms with E-state index in [9.17, 15) is 9.59 Å². The van der Waals surface area contributed by atoms with Gasteiger partial charge in [-0.3, -0.25) is 14.3 Å². The van der Waals surface area contributed by atoms with Gasteiger partial charge in [0.05, 0.1) is 6.54 Å². The van der Waals surface area contributed by atoms with Crippen LogP contribution in [0.4, 0.5) is 0 Å². The summed E-state index contributed by atoms with van der Waals surface area (Å²) in [6, 6.07) is 0. The van der Waals surface area contributed by atoms with Gasteiger partial charge in [0.15, 0.2) is 0 Å². The minimum Gasteiger partial charge on any atom is -0.289 e. The lowest BCUT2D eigenvalue weighted by molar-refractivity contribution is 0.733. The first-order valence-corrected chi connectivity index (χ1v) is 4.41. The van der Waals surface area contributed by atoms with Crippen molar-refractivity contribution >= 4 is 0 Å².